The molecule has 0 aliphatic rings. The lowest BCUT2D eigenvalue weighted by molar-refractivity contribution is 0.0520. The van der Waals surface area contributed by atoms with Crippen LogP contribution in [-0.4, -0.2) is 0 Å². The van der Waals surface area contributed by atoms with Gasteiger partial charge in [-0.3, -0.25) is 0 Å². The van der Waals surface area contributed by atoms with Gasteiger partial charge in [-0.1, -0.05) is 34.1 Å². The summed E-state index contributed by atoms with van der Waals surface area (Å²) >= 11 is 3.19. The molecule has 13 heavy (non-hydrogen) atoms. The second kappa shape index (κ2) is 4.01. The Bertz CT molecular complexity index is 301. The van der Waals surface area contributed by atoms with E-state index in [1.807, 2.05) is 0 Å². The highest BCUT2D eigenvalue weighted by Gasteiger charge is 2.26. The Labute approximate surface area is 84.4 Å². The van der Waals surface area contributed by atoms with Gasteiger partial charge in [-0.05, 0) is 25.1 Å². The van der Waals surface area contributed by atoms with E-state index in [0.29, 0.717) is 0 Å². The predicted molar refractivity (Wildman–Crippen MR) is 52.9 cm³/mol. The monoisotopic (exact) mass is 246 g/mol. The van der Waals surface area contributed by atoms with Crippen LogP contribution in [0, 0.1) is 0 Å². The molecule has 0 heterocycles. The second-order valence-corrected chi connectivity index (χ2v) is 3.55. The maximum Gasteiger partial charge on any atom is 0.291 e. The molecule has 0 N–H and O–H groups in total. The van der Waals surface area contributed by atoms with E-state index in [1.54, 1.807) is 19.1 Å². The predicted octanol–water partition coefficient (Wildman–Crippen LogP) is 4.12. The number of rotatable bonds is 2. The van der Waals surface area contributed by atoms with Crippen molar-refractivity contribution < 1.29 is 8.78 Å². The number of hydrogen-bond acceptors (Lipinski definition) is 0. The van der Waals surface area contributed by atoms with Crippen LogP contribution in [-0.2, 0) is 5.92 Å². The van der Waals surface area contributed by atoms with Gasteiger partial charge in [0, 0.05) is 10.0 Å². The van der Waals surface area contributed by atoms with Gasteiger partial charge < -0.3 is 0 Å². The summed E-state index contributed by atoms with van der Waals surface area (Å²) in [7, 11) is 0. The van der Waals surface area contributed by atoms with Crippen LogP contribution in [0.3, 0.4) is 0 Å². The summed E-state index contributed by atoms with van der Waals surface area (Å²) in [5, 5.41) is 0. The SMILES string of the molecule is C/C=C/C(F)(F)c1ccc(Br)cc1. The van der Waals surface area contributed by atoms with Gasteiger partial charge in [0.2, 0.25) is 0 Å². The van der Waals surface area contributed by atoms with Gasteiger partial charge in [0.25, 0.3) is 5.92 Å². The molecule has 0 fully saturated rings. The first-order chi connectivity index (χ1) is 6.06. The first-order valence-corrected chi connectivity index (χ1v) is 4.63. The van der Waals surface area contributed by atoms with Crippen LogP contribution in [0.15, 0.2) is 40.9 Å². The van der Waals surface area contributed by atoms with E-state index >= 15 is 0 Å². The Morgan fingerprint density at radius 1 is 1.23 bits per heavy atom. The Kier molecular flexibility index (Phi) is 3.20. The molecule has 0 aromatic heterocycles. The fourth-order valence-corrected chi connectivity index (χ4v) is 1.24. The molecule has 0 unspecified atom stereocenters. The fraction of sp³-hybridized carbons (Fsp3) is 0.200. The van der Waals surface area contributed by atoms with Crippen molar-refractivity contribution in [1.82, 2.24) is 0 Å². The number of halogens is 3. The summed E-state index contributed by atoms with van der Waals surface area (Å²) < 4.78 is 27.2. The molecule has 1 aromatic carbocycles. The molecule has 0 aliphatic heterocycles. The first kappa shape index (κ1) is 10.4. The Morgan fingerprint density at radius 2 is 1.77 bits per heavy atom. The van der Waals surface area contributed by atoms with Gasteiger partial charge >= 0.3 is 0 Å². The zero-order chi connectivity index (χ0) is 9.90. The van der Waals surface area contributed by atoms with Crippen LogP contribution >= 0.6 is 15.9 Å². The lowest BCUT2D eigenvalue weighted by atomic mass is 10.1. The molecule has 0 radical (unpaired) electrons. The number of allylic oxidation sites excluding steroid dienone is 2. The molecule has 0 atom stereocenters. The molecule has 0 nitrogen and oxygen atoms in total. The normalized spacial score (nSPS) is 12.3. The van der Waals surface area contributed by atoms with Gasteiger partial charge in [-0.2, -0.15) is 8.78 Å². The maximum atomic E-state index is 13.2. The van der Waals surface area contributed by atoms with Crippen molar-refractivity contribution in [3.8, 4) is 0 Å². The number of benzene rings is 1. The fourth-order valence-electron chi connectivity index (χ4n) is 0.978. The molecular weight excluding hydrogens is 238 g/mol. The van der Waals surface area contributed by atoms with E-state index in [-0.39, 0.29) is 5.56 Å². The molecule has 0 amide bonds. The van der Waals surface area contributed by atoms with Crippen LogP contribution in [0.1, 0.15) is 12.5 Å². The lowest BCUT2D eigenvalue weighted by Crippen LogP contribution is -2.08. The van der Waals surface area contributed by atoms with Gasteiger partial charge in [0.15, 0.2) is 0 Å². The highest BCUT2D eigenvalue weighted by atomic mass is 79.9. The van der Waals surface area contributed by atoms with E-state index < -0.39 is 5.92 Å². The van der Waals surface area contributed by atoms with Gasteiger partial charge in [0.05, 0.1) is 0 Å². The third-order valence-electron chi connectivity index (χ3n) is 1.61. The minimum absolute atomic E-state index is 0.00815. The van der Waals surface area contributed by atoms with E-state index in [1.165, 1.54) is 18.2 Å². The minimum Gasteiger partial charge on any atom is -0.197 e. The van der Waals surface area contributed by atoms with Crippen LogP contribution in [0.4, 0.5) is 8.78 Å². The smallest absolute Gasteiger partial charge is 0.197 e. The average molecular weight is 247 g/mol. The molecular formula is C10H9BrF2. The summed E-state index contributed by atoms with van der Waals surface area (Å²) in [4.78, 5) is 0. The van der Waals surface area contributed by atoms with E-state index in [0.717, 1.165) is 10.5 Å². The van der Waals surface area contributed by atoms with Crippen LogP contribution in [0.2, 0.25) is 0 Å². The number of hydrogen-bond donors (Lipinski definition) is 0. The Hall–Kier alpha value is -0.700. The topological polar surface area (TPSA) is 0 Å². The Morgan fingerprint density at radius 3 is 2.23 bits per heavy atom. The van der Waals surface area contributed by atoms with E-state index in [4.69, 9.17) is 0 Å². The van der Waals surface area contributed by atoms with Crippen LogP contribution in [0.5, 0.6) is 0 Å². The largest absolute Gasteiger partial charge is 0.291 e. The molecule has 0 bridgehead atoms. The summed E-state index contributed by atoms with van der Waals surface area (Å²) in [6, 6.07) is 6.02. The quantitative estimate of drug-likeness (QED) is 0.689. The Balaban J connectivity index is 3.00. The van der Waals surface area contributed by atoms with Crippen molar-refractivity contribution in [3.05, 3.63) is 46.5 Å². The average Bonchev–Trinajstić information content (AvgIpc) is 2.05. The zero-order valence-electron chi connectivity index (χ0n) is 7.10. The van der Waals surface area contributed by atoms with Crippen LogP contribution < -0.4 is 0 Å². The van der Waals surface area contributed by atoms with Gasteiger partial charge in [-0.15, -0.1) is 0 Å². The van der Waals surface area contributed by atoms with Crippen molar-refractivity contribution in [3.63, 3.8) is 0 Å². The summed E-state index contributed by atoms with van der Waals surface area (Å²) in [6.45, 7) is 1.58. The molecule has 1 rings (SSSR count). The van der Waals surface area contributed by atoms with Crippen molar-refractivity contribution in [2.45, 2.75) is 12.8 Å². The van der Waals surface area contributed by atoms with Crippen LogP contribution in [0.25, 0.3) is 0 Å². The van der Waals surface area contributed by atoms with E-state index in [2.05, 4.69) is 15.9 Å². The standard InChI is InChI=1S/C10H9BrF2/c1-2-7-10(12,13)8-3-5-9(11)6-4-8/h2-7H,1H3/b7-2+. The molecule has 1 aromatic rings. The summed E-state index contributed by atoms with van der Waals surface area (Å²) in [6.07, 6.45) is 2.23. The molecule has 3 heteroatoms. The zero-order valence-corrected chi connectivity index (χ0v) is 8.68. The van der Waals surface area contributed by atoms with Crippen molar-refractivity contribution in [1.29, 1.82) is 0 Å². The van der Waals surface area contributed by atoms with Gasteiger partial charge in [-0.25, -0.2) is 0 Å². The molecule has 0 saturated carbocycles. The highest BCUT2D eigenvalue weighted by molar-refractivity contribution is 9.10. The van der Waals surface area contributed by atoms with Gasteiger partial charge in [0.1, 0.15) is 0 Å². The second-order valence-electron chi connectivity index (χ2n) is 2.63. The number of alkyl halides is 2. The third-order valence-corrected chi connectivity index (χ3v) is 2.13. The first-order valence-electron chi connectivity index (χ1n) is 3.84. The molecule has 70 valence electrons. The summed E-state index contributed by atoms with van der Waals surface area (Å²) in [5.74, 6) is -2.87. The molecule has 0 aliphatic carbocycles. The van der Waals surface area contributed by atoms with Crippen molar-refractivity contribution in [2.24, 2.45) is 0 Å². The minimum atomic E-state index is -2.87. The van der Waals surface area contributed by atoms with Crippen molar-refractivity contribution in [2.75, 3.05) is 0 Å². The van der Waals surface area contributed by atoms with E-state index in [9.17, 15) is 8.78 Å². The van der Waals surface area contributed by atoms with Crippen molar-refractivity contribution >= 4 is 15.9 Å². The maximum absolute atomic E-state index is 13.2. The third kappa shape index (κ3) is 2.62. The molecule has 0 spiro atoms. The highest BCUT2D eigenvalue weighted by Crippen LogP contribution is 2.30. The summed E-state index contributed by atoms with van der Waals surface area (Å²) in [5.41, 5.74) is 0.00815. The lowest BCUT2D eigenvalue weighted by Gasteiger charge is -2.11. The molecule has 0 saturated heterocycles.